The molecule has 0 spiro atoms. The Balaban J connectivity index is 2.95. The van der Waals surface area contributed by atoms with Crippen molar-refractivity contribution in [3.05, 3.63) is 16.6 Å². The third-order valence-electron chi connectivity index (χ3n) is 3.22. The number of terminal acetylenes is 1. The van der Waals surface area contributed by atoms with E-state index in [4.69, 9.17) is 6.42 Å². The van der Waals surface area contributed by atoms with Gasteiger partial charge >= 0.3 is 0 Å². The lowest BCUT2D eigenvalue weighted by molar-refractivity contribution is 0.403. The van der Waals surface area contributed by atoms with Gasteiger partial charge in [0.1, 0.15) is 5.69 Å². The van der Waals surface area contributed by atoms with Crippen LogP contribution in [0.4, 0.5) is 0 Å². The second-order valence-electron chi connectivity index (χ2n) is 4.24. The van der Waals surface area contributed by atoms with Gasteiger partial charge < -0.3 is 0 Å². The fourth-order valence-electron chi connectivity index (χ4n) is 1.84. The van der Waals surface area contributed by atoms with Crippen molar-refractivity contribution in [3.8, 4) is 12.3 Å². The van der Waals surface area contributed by atoms with Crippen LogP contribution in [0.2, 0.25) is 0 Å². The summed E-state index contributed by atoms with van der Waals surface area (Å²) in [6.07, 6.45) is 10.3. The molecule has 0 saturated heterocycles. The zero-order chi connectivity index (χ0) is 11.3. The average molecular weight is 221 g/mol. The fraction of sp³-hybridized carbons (Fsp3) is 0.615. The van der Waals surface area contributed by atoms with E-state index < -0.39 is 0 Å². The van der Waals surface area contributed by atoms with E-state index in [1.165, 1.54) is 36.4 Å². The molecule has 0 saturated carbocycles. The average Bonchev–Trinajstić information content (AvgIpc) is 2.74. The van der Waals surface area contributed by atoms with Gasteiger partial charge in [-0.1, -0.05) is 33.6 Å². The summed E-state index contributed by atoms with van der Waals surface area (Å²) in [5.74, 6) is 2.69. The first-order valence-corrected chi connectivity index (χ1v) is 6.43. The van der Waals surface area contributed by atoms with Crippen LogP contribution in [0, 0.1) is 12.3 Å². The first kappa shape index (κ1) is 12.3. The minimum absolute atomic E-state index is 0.213. The van der Waals surface area contributed by atoms with E-state index in [1.807, 2.05) is 0 Å². The van der Waals surface area contributed by atoms with Gasteiger partial charge in [0, 0.05) is 10.9 Å². The summed E-state index contributed by atoms with van der Waals surface area (Å²) in [4.78, 5) is 0. The zero-order valence-corrected chi connectivity index (χ0v) is 10.7. The van der Waals surface area contributed by atoms with Crippen LogP contribution in [-0.4, -0.2) is 4.37 Å². The van der Waals surface area contributed by atoms with Crippen molar-refractivity contribution in [2.75, 3.05) is 0 Å². The van der Waals surface area contributed by atoms with Gasteiger partial charge in [0.2, 0.25) is 0 Å². The first-order valence-electron chi connectivity index (χ1n) is 5.59. The number of unbranched alkanes of at least 4 members (excludes halogenated alkanes) is 1. The summed E-state index contributed by atoms with van der Waals surface area (Å²) < 4.78 is 4.26. The van der Waals surface area contributed by atoms with Crippen LogP contribution < -0.4 is 0 Å². The Morgan fingerprint density at radius 1 is 1.53 bits per heavy atom. The van der Waals surface area contributed by atoms with Crippen molar-refractivity contribution in [3.63, 3.8) is 0 Å². The minimum Gasteiger partial charge on any atom is -0.184 e. The van der Waals surface area contributed by atoms with Crippen molar-refractivity contribution in [1.82, 2.24) is 4.37 Å². The van der Waals surface area contributed by atoms with E-state index in [-0.39, 0.29) is 5.41 Å². The first-order chi connectivity index (χ1) is 7.18. The molecule has 0 aliphatic carbocycles. The molecule has 1 aromatic rings. The molecule has 1 heterocycles. The third kappa shape index (κ3) is 2.60. The molecule has 82 valence electrons. The smallest absolute Gasteiger partial charge is 0.130 e. The predicted molar refractivity (Wildman–Crippen MR) is 67.2 cm³/mol. The van der Waals surface area contributed by atoms with Gasteiger partial charge in [0.05, 0.1) is 0 Å². The second kappa shape index (κ2) is 5.32. The third-order valence-corrected chi connectivity index (χ3v) is 3.85. The number of hydrogen-bond donors (Lipinski definition) is 0. The SMILES string of the molecule is C#Cc1nscc1C(C)(CC)CCCC. The van der Waals surface area contributed by atoms with E-state index in [0.717, 1.165) is 12.1 Å². The molecule has 1 aromatic heterocycles. The van der Waals surface area contributed by atoms with Gasteiger partial charge in [-0.05, 0) is 35.7 Å². The lowest BCUT2D eigenvalue weighted by Gasteiger charge is -2.27. The number of nitrogens with zero attached hydrogens (tertiary/aromatic N) is 1. The highest BCUT2D eigenvalue weighted by molar-refractivity contribution is 7.03. The lowest BCUT2D eigenvalue weighted by Crippen LogP contribution is -2.21. The van der Waals surface area contributed by atoms with Crippen LogP contribution in [0.1, 0.15) is 57.7 Å². The van der Waals surface area contributed by atoms with Crippen LogP contribution in [-0.2, 0) is 5.41 Å². The van der Waals surface area contributed by atoms with Crippen LogP contribution in [0.15, 0.2) is 5.38 Å². The molecule has 0 bridgehead atoms. The molecule has 1 nitrogen and oxygen atoms in total. The van der Waals surface area contributed by atoms with Gasteiger partial charge in [-0.2, -0.15) is 4.37 Å². The molecular weight excluding hydrogens is 202 g/mol. The quantitative estimate of drug-likeness (QED) is 0.685. The molecule has 0 amide bonds. The highest BCUT2D eigenvalue weighted by Gasteiger charge is 2.27. The molecule has 15 heavy (non-hydrogen) atoms. The fourth-order valence-corrected chi connectivity index (χ4v) is 2.65. The maximum Gasteiger partial charge on any atom is 0.130 e. The van der Waals surface area contributed by atoms with Crippen molar-refractivity contribution >= 4 is 11.5 Å². The number of aromatic nitrogens is 1. The Hall–Kier alpha value is -0.810. The van der Waals surface area contributed by atoms with E-state index in [2.05, 4.69) is 36.4 Å². The van der Waals surface area contributed by atoms with Crippen LogP contribution in [0.25, 0.3) is 0 Å². The number of hydrogen-bond acceptors (Lipinski definition) is 2. The topological polar surface area (TPSA) is 12.9 Å². The van der Waals surface area contributed by atoms with Gasteiger partial charge in [0.15, 0.2) is 0 Å². The summed E-state index contributed by atoms with van der Waals surface area (Å²) in [6.45, 7) is 6.75. The minimum atomic E-state index is 0.213. The molecule has 0 N–H and O–H groups in total. The monoisotopic (exact) mass is 221 g/mol. The number of rotatable bonds is 5. The van der Waals surface area contributed by atoms with E-state index >= 15 is 0 Å². The molecule has 2 heteroatoms. The highest BCUT2D eigenvalue weighted by Crippen LogP contribution is 2.35. The zero-order valence-electron chi connectivity index (χ0n) is 9.84. The summed E-state index contributed by atoms with van der Waals surface area (Å²) in [5, 5.41) is 2.12. The molecule has 0 fully saturated rings. The largest absolute Gasteiger partial charge is 0.184 e. The molecule has 1 unspecified atom stereocenters. The summed E-state index contributed by atoms with van der Waals surface area (Å²) in [6, 6.07) is 0. The van der Waals surface area contributed by atoms with E-state index in [0.29, 0.717) is 0 Å². The van der Waals surface area contributed by atoms with Gasteiger partial charge in [0.25, 0.3) is 0 Å². The van der Waals surface area contributed by atoms with Crippen molar-refractivity contribution in [2.45, 2.75) is 51.9 Å². The summed E-state index contributed by atoms with van der Waals surface area (Å²) in [7, 11) is 0. The Morgan fingerprint density at radius 2 is 2.27 bits per heavy atom. The predicted octanol–water partition coefficient (Wildman–Crippen LogP) is 3.98. The highest BCUT2D eigenvalue weighted by atomic mass is 32.1. The van der Waals surface area contributed by atoms with Crippen LogP contribution in [0.5, 0.6) is 0 Å². The standard InChI is InChI=1S/C13H19NS/c1-5-8-9-13(4,7-3)11-10-15-14-12(11)6-2/h2,10H,5,7-9H2,1,3-4H3. The normalized spacial score (nSPS) is 14.5. The second-order valence-corrected chi connectivity index (χ2v) is 4.87. The Kier molecular flexibility index (Phi) is 4.35. The molecule has 0 radical (unpaired) electrons. The van der Waals surface area contributed by atoms with Crippen molar-refractivity contribution in [1.29, 1.82) is 0 Å². The Morgan fingerprint density at radius 3 is 2.80 bits per heavy atom. The van der Waals surface area contributed by atoms with Gasteiger partial charge in [-0.25, -0.2) is 0 Å². The molecular formula is C13H19NS. The Bertz CT molecular complexity index is 348. The van der Waals surface area contributed by atoms with Gasteiger partial charge in [-0.3, -0.25) is 0 Å². The molecule has 1 atom stereocenters. The molecule has 0 aromatic carbocycles. The molecule has 1 rings (SSSR count). The maximum absolute atomic E-state index is 5.47. The van der Waals surface area contributed by atoms with Gasteiger partial charge in [-0.15, -0.1) is 6.42 Å². The molecule has 0 aliphatic rings. The van der Waals surface area contributed by atoms with E-state index in [9.17, 15) is 0 Å². The van der Waals surface area contributed by atoms with Crippen LogP contribution in [0.3, 0.4) is 0 Å². The lowest BCUT2D eigenvalue weighted by atomic mass is 9.76. The maximum atomic E-state index is 5.47. The summed E-state index contributed by atoms with van der Waals surface area (Å²) >= 11 is 1.47. The summed E-state index contributed by atoms with van der Waals surface area (Å²) in [5.41, 5.74) is 2.33. The van der Waals surface area contributed by atoms with Crippen LogP contribution >= 0.6 is 11.5 Å². The van der Waals surface area contributed by atoms with Crippen molar-refractivity contribution in [2.24, 2.45) is 0 Å². The van der Waals surface area contributed by atoms with E-state index in [1.54, 1.807) is 0 Å². The molecule has 0 aliphatic heterocycles. The van der Waals surface area contributed by atoms with Crippen molar-refractivity contribution < 1.29 is 0 Å². The Labute approximate surface area is 97.1 Å².